The van der Waals surface area contributed by atoms with E-state index in [4.69, 9.17) is 5.73 Å². The number of carbonyl (C=O) groups excluding carboxylic acids is 1. The van der Waals surface area contributed by atoms with Crippen LogP contribution in [0.4, 0.5) is 13.2 Å². The lowest BCUT2D eigenvalue weighted by molar-refractivity contribution is -0.253. The van der Waals surface area contributed by atoms with E-state index in [1.807, 2.05) is 0 Å². The summed E-state index contributed by atoms with van der Waals surface area (Å²) in [6.07, 6.45) is -5.18. The zero-order chi connectivity index (χ0) is 11.0. The number of alkyl halides is 3. The number of nitrogens with zero attached hydrogens (tertiary/aromatic N) is 1. The molecule has 1 unspecified atom stereocenters. The van der Waals surface area contributed by atoms with Crippen LogP contribution in [-0.2, 0) is 4.79 Å². The summed E-state index contributed by atoms with van der Waals surface area (Å²) in [5.41, 5.74) is 2.23. The van der Waals surface area contributed by atoms with Crippen LogP contribution in [0.2, 0.25) is 0 Å². The molecule has 0 aromatic heterocycles. The topological polar surface area (TPSA) is 66.6 Å². The summed E-state index contributed by atoms with van der Waals surface area (Å²) in [4.78, 5) is 11.9. The van der Waals surface area contributed by atoms with Gasteiger partial charge in [-0.1, -0.05) is 0 Å². The molecule has 15 heavy (non-hydrogen) atoms. The smallest absolute Gasteiger partial charge is 0.379 e. The van der Waals surface area contributed by atoms with Crippen molar-refractivity contribution in [3.8, 4) is 0 Å². The number of rotatable bonds is 1. The minimum atomic E-state index is -4.70. The Morgan fingerprint density at radius 2 is 2.07 bits per heavy atom. The van der Waals surface area contributed by atoms with Crippen molar-refractivity contribution < 1.29 is 23.1 Å². The van der Waals surface area contributed by atoms with Crippen LogP contribution >= 0.6 is 12.4 Å². The molecular formula is C7H12ClF3N2O2. The molecule has 0 aliphatic carbocycles. The van der Waals surface area contributed by atoms with E-state index < -0.39 is 30.7 Å². The van der Waals surface area contributed by atoms with Gasteiger partial charge in [0.15, 0.2) is 5.60 Å². The van der Waals surface area contributed by atoms with E-state index in [0.717, 1.165) is 4.90 Å². The summed E-state index contributed by atoms with van der Waals surface area (Å²) in [7, 11) is 0. The second-order valence-corrected chi connectivity index (χ2v) is 3.30. The fourth-order valence-electron chi connectivity index (χ4n) is 1.37. The lowest BCUT2D eigenvalue weighted by Crippen LogP contribution is -2.48. The van der Waals surface area contributed by atoms with Crippen molar-refractivity contribution in [2.24, 2.45) is 5.73 Å². The Morgan fingerprint density at radius 1 is 1.53 bits per heavy atom. The predicted octanol–water partition coefficient (Wildman–Crippen LogP) is -0.107. The van der Waals surface area contributed by atoms with Gasteiger partial charge in [0.05, 0.1) is 13.1 Å². The number of hydrogen-bond acceptors (Lipinski definition) is 3. The minimum absolute atomic E-state index is 0. The first-order valence-electron chi connectivity index (χ1n) is 4.07. The van der Waals surface area contributed by atoms with E-state index >= 15 is 0 Å². The summed E-state index contributed by atoms with van der Waals surface area (Å²) in [5.74, 6) is -0.579. The Balaban J connectivity index is 0.00000196. The van der Waals surface area contributed by atoms with Crippen molar-refractivity contribution in [2.45, 2.75) is 18.2 Å². The molecule has 8 heteroatoms. The first kappa shape index (κ1) is 14.5. The van der Waals surface area contributed by atoms with Crippen LogP contribution in [0, 0.1) is 0 Å². The van der Waals surface area contributed by atoms with Crippen molar-refractivity contribution in [3.05, 3.63) is 0 Å². The van der Waals surface area contributed by atoms with Crippen LogP contribution in [0.15, 0.2) is 0 Å². The average molecular weight is 249 g/mol. The molecule has 0 radical (unpaired) electrons. The van der Waals surface area contributed by atoms with Gasteiger partial charge < -0.3 is 15.7 Å². The Bertz CT molecular complexity index is 249. The number of nitrogens with two attached hydrogens (primary N) is 1. The lowest BCUT2D eigenvalue weighted by atomic mass is 10.0. The van der Waals surface area contributed by atoms with Gasteiger partial charge >= 0.3 is 6.18 Å². The SMILES string of the molecule is Cl.NCC(=O)N1CCC(O)(C(F)(F)F)C1. The third kappa shape index (κ3) is 2.73. The number of amides is 1. The monoisotopic (exact) mass is 248 g/mol. The van der Waals surface area contributed by atoms with Crippen LogP contribution in [0.3, 0.4) is 0 Å². The molecule has 1 aliphatic rings. The number of aliphatic hydroxyl groups is 1. The molecular weight excluding hydrogens is 237 g/mol. The molecule has 0 saturated carbocycles. The molecule has 1 rings (SSSR count). The van der Waals surface area contributed by atoms with Crippen molar-refractivity contribution in [2.75, 3.05) is 19.6 Å². The largest absolute Gasteiger partial charge is 0.419 e. The highest BCUT2D eigenvalue weighted by atomic mass is 35.5. The highest BCUT2D eigenvalue weighted by Crippen LogP contribution is 2.37. The fraction of sp³-hybridized carbons (Fsp3) is 0.857. The second-order valence-electron chi connectivity index (χ2n) is 3.30. The molecule has 0 spiro atoms. The van der Waals surface area contributed by atoms with E-state index in [-0.39, 0.29) is 25.5 Å². The Morgan fingerprint density at radius 3 is 2.40 bits per heavy atom. The van der Waals surface area contributed by atoms with Gasteiger partial charge in [0, 0.05) is 13.0 Å². The maximum atomic E-state index is 12.3. The van der Waals surface area contributed by atoms with Crippen LogP contribution in [-0.4, -0.2) is 47.3 Å². The first-order valence-corrected chi connectivity index (χ1v) is 4.07. The van der Waals surface area contributed by atoms with E-state index in [9.17, 15) is 23.1 Å². The third-order valence-corrected chi connectivity index (χ3v) is 2.30. The molecule has 3 N–H and O–H groups in total. The number of halogens is 4. The summed E-state index contributed by atoms with van der Waals surface area (Å²) in [6, 6.07) is 0. The molecule has 1 aliphatic heterocycles. The normalized spacial score (nSPS) is 26.3. The van der Waals surface area contributed by atoms with Gasteiger partial charge in [-0.3, -0.25) is 4.79 Å². The molecule has 4 nitrogen and oxygen atoms in total. The van der Waals surface area contributed by atoms with Crippen LogP contribution in [0.1, 0.15) is 6.42 Å². The van der Waals surface area contributed by atoms with Gasteiger partial charge in [-0.25, -0.2) is 0 Å². The second kappa shape index (κ2) is 4.54. The third-order valence-electron chi connectivity index (χ3n) is 2.30. The van der Waals surface area contributed by atoms with Gasteiger partial charge in [0.2, 0.25) is 5.91 Å². The molecule has 1 atom stereocenters. The number of carbonyl (C=O) groups is 1. The molecule has 0 aromatic rings. The van der Waals surface area contributed by atoms with Crippen molar-refractivity contribution in [1.82, 2.24) is 4.90 Å². The van der Waals surface area contributed by atoms with Gasteiger partial charge in [0.25, 0.3) is 0 Å². The zero-order valence-electron chi connectivity index (χ0n) is 7.75. The van der Waals surface area contributed by atoms with Crippen molar-refractivity contribution in [1.29, 1.82) is 0 Å². The van der Waals surface area contributed by atoms with Crippen LogP contribution in [0.5, 0.6) is 0 Å². The highest BCUT2D eigenvalue weighted by molar-refractivity contribution is 5.85. The zero-order valence-corrected chi connectivity index (χ0v) is 8.57. The van der Waals surface area contributed by atoms with Gasteiger partial charge in [-0.05, 0) is 0 Å². The Labute approximate surface area is 90.6 Å². The summed E-state index contributed by atoms with van der Waals surface area (Å²) in [6.45, 7) is -1.16. The molecule has 0 bridgehead atoms. The maximum Gasteiger partial charge on any atom is 0.419 e. The summed E-state index contributed by atoms with van der Waals surface area (Å²) >= 11 is 0. The molecule has 1 saturated heterocycles. The average Bonchev–Trinajstić information content (AvgIpc) is 2.47. The lowest BCUT2D eigenvalue weighted by Gasteiger charge is -2.25. The number of hydrogen-bond donors (Lipinski definition) is 2. The molecule has 90 valence electrons. The number of likely N-dealkylation sites (tertiary alicyclic amines) is 1. The molecule has 1 fully saturated rings. The molecule has 0 aromatic carbocycles. The van der Waals surface area contributed by atoms with E-state index in [1.165, 1.54) is 0 Å². The molecule has 1 heterocycles. The summed E-state index contributed by atoms with van der Waals surface area (Å²) in [5, 5.41) is 9.18. The van der Waals surface area contributed by atoms with Crippen molar-refractivity contribution in [3.63, 3.8) is 0 Å². The Hall–Kier alpha value is -0.530. The van der Waals surface area contributed by atoms with Gasteiger partial charge in [-0.15, -0.1) is 12.4 Å². The number of β-amino-alcohol motifs (C(OH)–C–C–N with tert-alkyl or cyclic N) is 1. The van der Waals surface area contributed by atoms with E-state index in [1.54, 1.807) is 0 Å². The van der Waals surface area contributed by atoms with E-state index in [2.05, 4.69) is 0 Å². The van der Waals surface area contributed by atoms with Crippen molar-refractivity contribution >= 4 is 18.3 Å². The standard InChI is InChI=1S/C7H11F3N2O2.ClH/c8-7(9,10)6(14)1-2-12(4-6)5(13)3-11;/h14H,1-4,11H2;1H. The van der Waals surface area contributed by atoms with E-state index in [0.29, 0.717) is 0 Å². The van der Waals surface area contributed by atoms with Gasteiger partial charge in [-0.2, -0.15) is 13.2 Å². The summed E-state index contributed by atoms with van der Waals surface area (Å²) < 4.78 is 36.8. The van der Waals surface area contributed by atoms with Crippen LogP contribution < -0.4 is 5.73 Å². The van der Waals surface area contributed by atoms with Gasteiger partial charge in [0.1, 0.15) is 0 Å². The first-order chi connectivity index (χ1) is 6.30. The van der Waals surface area contributed by atoms with Crippen LogP contribution in [0.25, 0.3) is 0 Å². The predicted molar refractivity (Wildman–Crippen MR) is 48.5 cm³/mol. The molecule has 1 amide bonds. The Kier molecular flexibility index (Phi) is 4.38. The quantitative estimate of drug-likeness (QED) is 0.681. The highest BCUT2D eigenvalue weighted by Gasteiger charge is 2.57. The maximum absolute atomic E-state index is 12.3. The fourth-order valence-corrected chi connectivity index (χ4v) is 1.37. The minimum Gasteiger partial charge on any atom is -0.379 e.